The smallest absolute Gasteiger partial charge is 0.341 e. The van der Waals surface area contributed by atoms with Crippen LogP contribution in [0.1, 0.15) is 54.8 Å². The number of methoxy groups -OCH3 is 1. The Labute approximate surface area is 150 Å². The molecule has 0 radical (unpaired) electrons. The van der Waals surface area contributed by atoms with Crippen molar-refractivity contribution in [2.24, 2.45) is 0 Å². The van der Waals surface area contributed by atoms with Crippen molar-refractivity contribution in [3.8, 4) is 0 Å². The zero-order valence-corrected chi connectivity index (χ0v) is 15.5. The molecule has 0 bridgehead atoms. The molecule has 7 heteroatoms. The molecule has 2 rings (SSSR count). The molecule has 2 aromatic heterocycles. The van der Waals surface area contributed by atoms with Crippen molar-refractivity contribution in [1.29, 1.82) is 0 Å². The number of amides is 1. The van der Waals surface area contributed by atoms with Gasteiger partial charge in [0.1, 0.15) is 17.1 Å². The van der Waals surface area contributed by atoms with E-state index in [4.69, 9.17) is 4.42 Å². The molecule has 0 atom stereocenters. The van der Waals surface area contributed by atoms with Crippen LogP contribution in [0.15, 0.2) is 16.5 Å². The predicted molar refractivity (Wildman–Crippen MR) is 94.0 cm³/mol. The summed E-state index contributed by atoms with van der Waals surface area (Å²) in [6.45, 7) is 5.67. The minimum atomic E-state index is -0.481. The number of carbonyl (C=O) groups excluding carboxylic acids is 3. The minimum absolute atomic E-state index is 0.0289. The Morgan fingerprint density at radius 2 is 1.84 bits per heavy atom. The van der Waals surface area contributed by atoms with E-state index in [1.807, 2.05) is 19.9 Å². The first-order chi connectivity index (χ1) is 11.8. The Hall–Kier alpha value is -2.41. The second-order valence-electron chi connectivity index (χ2n) is 5.70. The van der Waals surface area contributed by atoms with Crippen molar-refractivity contribution in [3.05, 3.63) is 44.5 Å². The molecule has 0 aliphatic heterocycles. The van der Waals surface area contributed by atoms with E-state index in [-0.39, 0.29) is 31.1 Å². The van der Waals surface area contributed by atoms with Gasteiger partial charge >= 0.3 is 5.97 Å². The Morgan fingerprint density at radius 1 is 1.12 bits per heavy atom. The van der Waals surface area contributed by atoms with Crippen molar-refractivity contribution >= 4 is 29.0 Å². The molecular formula is C18H21NO5S. The summed E-state index contributed by atoms with van der Waals surface area (Å²) < 4.78 is 10.1. The molecule has 0 saturated heterocycles. The highest BCUT2D eigenvalue weighted by Crippen LogP contribution is 2.22. The van der Waals surface area contributed by atoms with Gasteiger partial charge in [-0.1, -0.05) is 0 Å². The van der Waals surface area contributed by atoms with E-state index in [1.54, 1.807) is 24.3 Å². The third kappa shape index (κ3) is 4.79. The van der Waals surface area contributed by atoms with Crippen molar-refractivity contribution in [2.75, 3.05) is 7.11 Å². The number of furan rings is 1. The topological polar surface area (TPSA) is 85.6 Å². The van der Waals surface area contributed by atoms with Gasteiger partial charge in [-0.25, -0.2) is 4.79 Å². The number of nitrogens with one attached hydrogen (secondary N) is 1. The van der Waals surface area contributed by atoms with Gasteiger partial charge in [0.05, 0.1) is 13.7 Å². The summed E-state index contributed by atoms with van der Waals surface area (Å²) in [5.74, 6) is 0.146. The number of rotatable bonds is 7. The van der Waals surface area contributed by atoms with E-state index in [0.717, 1.165) is 9.75 Å². The lowest BCUT2D eigenvalue weighted by atomic mass is 10.1. The van der Waals surface area contributed by atoms with Crippen molar-refractivity contribution in [3.63, 3.8) is 0 Å². The van der Waals surface area contributed by atoms with Gasteiger partial charge in [-0.05, 0) is 32.9 Å². The maximum absolute atomic E-state index is 12.2. The molecule has 1 N–H and O–H groups in total. The first-order valence-electron chi connectivity index (χ1n) is 7.86. The highest BCUT2D eigenvalue weighted by Gasteiger charge is 2.17. The summed E-state index contributed by atoms with van der Waals surface area (Å²) >= 11 is 1.58. The number of esters is 1. The molecule has 2 aromatic rings. The molecule has 0 unspecified atom stereocenters. The first kappa shape index (κ1) is 18.9. The first-order valence-corrected chi connectivity index (χ1v) is 8.68. The summed E-state index contributed by atoms with van der Waals surface area (Å²) in [6.07, 6.45) is 0.268. The molecule has 0 fully saturated rings. The van der Waals surface area contributed by atoms with Crippen molar-refractivity contribution in [1.82, 2.24) is 5.32 Å². The molecule has 2 heterocycles. The molecule has 0 aliphatic carbocycles. The number of ether oxygens (including phenoxy) is 1. The Kier molecular flexibility index (Phi) is 6.14. The fourth-order valence-electron chi connectivity index (χ4n) is 2.49. The van der Waals surface area contributed by atoms with Crippen LogP contribution in [0.25, 0.3) is 0 Å². The molecule has 6 nitrogen and oxygen atoms in total. The second-order valence-corrected chi connectivity index (χ2v) is 7.16. The third-order valence-electron chi connectivity index (χ3n) is 3.75. The monoisotopic (exact) mass is 363 g/mol. The largest absolute Gasteiger partial charge is 0.465 e. The molecule has 134 valence electrons. The number of hydrogen-bond acceptors (Lipinski definition) is 6. The Morgan fingerprint density at radius 3 is 2.44 bits per heavy atom. The van der Waals surface area contributed by atoms with E-state index >= 15 is 0 Å². The van der Waals surface area contributed by atoms with Crippen molar-refractivity contribution < 1.29 is 23.5 Å². The molecule has 0 spiro atoms. The van der Waals surface area contributed by atoms with Gasteiger partial charge < -0.3 is 14.5 Å². The van der Waals surface area contributed by atoms with Gasteiger partial charge in [-0.15, -0.1) is 11.3 Å². The van der Waals surface area contributed by atoms with Crippen LogP contribution in [0.2, 0.25) is 0 Å². The van der Waals surface area contributed by atoms with Crippen LogP contribution in [0, 0.1) is 20.8 Å². The summed E-state index contributed by atoms with van der Waals surface area (Å²) in [5, 5.41) is 2.69. The number of carbonyl (C=O) groups is 3. The zero-order chi connectivity index (χ0) is 18.6. The summed E-state index contributed by atoms with van der Waals surface area (Å²) in [6, 6.07) is 3.41. The van der Waals surface area contributed by atoms with E-state index in [2.05, 4.69) is 10.1 Å². The average molecular weight is 363 g/mol. The maximum atomic E-state index is 12.2. The van der Waals surface area contributed by atoms with E-state index in [0.29, 0.717) is 22.6 Å². The van der Waals surface area contributed by atoms with Crippen LogP contribution in [-0.4, -0.2) is 24.8 Å². The van der Waals surface area contributed by atoms with E-state index < -0.39 is 5.97 Å². The number of thiophene rings is 1. The number of hydrogen-bond donors (Lipinski definition) is 1. The van der Waals surface area contributed by atoms with Crippen LogP contribution in [0.3, 0.4) is 0 Å². The fourth-order valence-corrected chi connectivity index (χ4v) is 3.43. The van der Waals surface area contributed by atoms with Crippen LogP contribution >= 0.6 is 11.3 Å². The predicted octanol–water partition coefficient (Wildman–Crippen LogP) is 3.33. The highest BCUT2D eigenvalue weighted by atomic mass is 32.1. The van der Waals surface area contributed by atoms with E-state index in [9.17, 15) is 14.4 Å². The standard InChI is InChI=1S/C18H21NO5S/c1-10-7-15(12(3)25-10)16(20)5-6-17(21)19-9-13-8-14(11(2)24-13)18(22)23-4/h7-8H,5-6,9H2,1-4H3,(H,19,21). The lowest BCUT2D eigenvalue weighted by Crippen LogP contribution is -2.23. The summed E-state index contributed by atoms with van der Waals surface area (Å²) in [7, 11) is 1.30. The molecule has 0 aromatic carbocycles. The lowest BCUT2D eigenvalue weighted by Gasteiger charge is -2.03. The van der Waals surface area contributed by atoms with Gasteiger partial charge in [-0.3, -0.25) is 9.59 Å². The third-order valence-corrected chi connectivity index (χ3v) is 4.72. The number of aryl methyl sites for hydroxylation is 3. The Bertz CT molecular complexity index is 802. The molecular weight excluding hydrogens is 342 g/mol. The minimum Gasteiger partial charge on any atom is -0.465 e. The number of ketones is 1. The Balaban J connectivity index is 1.84. The van der Waals surface area contributed by atoms with Gasteiger partial charge in [0, 0.05) is 28.2 Å². The summed E-state index contributed by atoms with van der Waals surface area (Å²) in [5.41, 5.74) is 1.03. The van der Waals surface area contributed by atoms with Crippen LogP contribution in [-0.2, 0) is 16.1 Å². The van der Waals surface area contributed by atoms with Crippen LogP contribution in [0.4, 0.5) is 0 Å². The van der Waals surface area contributed by atoms with Gasteiger partial charge in [0.15, 0.2) is 5.78 Å². The second kappa shape index (κ2) is 8.11. The highest BCUT2D eigenvalue weighted by molar-refractivity contribution is 7.12. The molecule has 25 heavy (non-hydrogen) atoms. The molecule has 0 aliphatic rings. The normalized spacial score (nSPS) is 10.6. The van der Waals surface area contributed by atoms with Crippen LogP contribution in [0.5, 0.6) is 0 Å². The molecule has 1 amide bonds. The van der Waals surface area contributed by atoms with Gasteiger partial charge in [-0.2, -0.15) is 0 Å². The quantitative estimate of drug-likeness (QED) is 0.602. The maximum Gasteiger partial charge on any atom is 0.341 e. The van der Waals surface area contributed by atoms with Crippen LogP contribution < -0.4 is 5.32 Å². The zero-order valence-electron chi connectivity index (χ0n) is 14.7. The lowest BCUT2D eigenvalue weighted by molar-refractivity contribution is -0.121. The SMILES string of the molecule is COC(=O)c1cc(CNC(=O)CCC(=O)c2cc(C)sc2C)oc1C. The van der Waals surface area contributed by atoms with Gasteiger partial charge in [0.25, 0.3) is 0 Å². The molecule has 0 saturated carbocycles. The fraction of sp³-hybridized carbons (Fsp3) is 0.389. The van der Waals surface area contributed by atoms with Crippen molar-refractivity contribution in [2.45, 2.75) is 40.2 Å². The average Bonchev–Trinajstić information content (AvgIpc) is 3.11. The number of Topliss-reactive ketones (excluding diaryl/α,β-unsaturated/α-hetero) is 1. The van der Waals surface area contributed by atoms with E-state index in [1.165, 1.54) is 7.11 Å². The van der Waals surface area contributed by atoms with Gasteiger partial charge in [0.2, 0.25) is 5.91 Å². The summed E-state index contributed by atoms with van der Waals surface area (Å²) in [4.78, 5) is 37.7.